The highest BCUT2D eigenvalue weighted by Gasteiger charge is 2.34. The topological polar surface area (TPSA) is 110 Å². The highest BCUT2D eigenvalue weighted by atomic mass is 16.5. The van der Waals surface area contributed by atoms with Gasteiger partial charge in [-0.3, -0.25) is 0 Å². The first-order valence-corrected chi connectivity index (χ1v) is 11.1. The number of aromatic hydroxyl groups is 2. The van der Waals surface area contributed by atoms with Crippen molar-refractivity contribution in [2.45, 2.75) is 25.9 Å². The van der Waals surface area contributed by atoms with Gasteiger partial charge < -0.3 is 23.8 Å². The van der Waals surface area contributed by atoms with Crippen LogP contribution in [0.1, 0.15) is 36.5 Å². The third-order valence-corrected chi connectivity index (χ3v) is 5.81. The van der Waals surface area contributed by atoms with Gasteiger partial charge in [-0.2, -0.15) is 0 Å². The largest absolute Gasteiger partial charge is 0.507 e. The second kappa shape index (κ2) is 8.68. The Kier molecular flexibility index (Phi) is 5.53. The van der Waals surface area contributed by atoms with Crippen LogP contribution in [0.2, 0.25) is 0 Å². The minimum atomic E-state index is -1.24. The zero-order valence-corrected chi connectivity index (χ0v) is 19.0. The van der Waals surface area contributed by atoms with E-state index in [1.165, 1.54) is 0 Å². The monoisotopic (exact) mass is 470 g/mol. The third kappa shape index (κ3) is 3.81. The SMILES string of the molecule is CC(C)Oc1ccccc1C(c1c(O)c2ccccc2oc1=O)c1c(O)c2ccccc2oc1=O. The maximum absolute atomic E-state index is 13.3. The maximum atomic E-state index is 13.3. The molecule has 0 radical (unpaired) electrons. The summed E-state index contributed by atoms with van der Waals surface area (Å²) in [5.41, 5.74) is -1.34. The summed E-state index contributed by atoms with van der Waals surface area (Å²) in [6, 6.07) is 19.9. The molecule has 2 aromatic heterocycles. The van der Waals surface area contributed by atoms with Gasteiger partial charge in [-0.1, -0.05) is 42.5 Å². The fourth-order valence-corrected chi connectivity index (χ4v) is 4.34. The summed E-state index contributed by atoms with van der Waals surface area (Å²) in [5, 5.41) is 23.1. The molecule has 0 atom stereocenters. The van der Waals surface area contributed by atoms with Crippen molar-refractivity contribution < 1.29 is 23.8 Å². The first-order valence-electron chi connectivity index (χ1n) is 11.1. The van der Waals surface area contributed by atoms with Crippen molar-refractivity contribution in [2.75, 3.05) is 0 Å². The molecule has 2 heterocycles. The number of benzene rings is 3. The molecule has 0 aliphatic carbocycles. The Morgan fingerprint density at radius 2 is 1.14 bits per heavy atom. The van der Waals surface area contributed by atoms with Crippen molar-refractivity contribution >= 4 is 21.9 Å². The van der Waals surface area contributed by atoms with Crippen LogP contribution in [0.25, 0.3) is 21.9 Å². The molecule has 0 saturated carbocycles. The summed E-state index contributed by atoms with van der Waals surface area (Å²) < 4.78 is 17.0. The molecule has 0 spiro atoms. The molecule has 2 N–H and O–H groups in total. The molecule has 0 bridgehead atoms. The minimum absolute atomic E-state index is 0.194. The van der Waals surface area contributed by atoms with Gasteiger partial charge in [0.2, 0.25) is 0 Å². The average Bonchev–Trinajstić information content (AvgIpc) is 2.83. The third-order valence-electron chi connectivity index (χ3n) is 5.81. The van der Waals surface area contributed by atoms with Gasteiger partial charge in [0.1, 0.15) is 28.4 Å². The van der Waals surface area contributed by atoms with Crippen LogP contribution in [0.3, 0.4) is 0 Å². The van der Waals surface area contributed by atoms with Crippen molar-refractivity contribution in [2.24, 2.45) is 0 Å². The highest BCUT2D eigenvalue weighted by Crippen LogP contribution is 2.44. The van der Waals surface area contributed by atoms with Gasteiger partial charge in [-0.15, -0.1) is 0 Å². The molecule has 7 heteroatoms. The molecule has 0 fully saturated rings. The lowest BCUT2D eigenvalue weighted by Gasteiger charge is -2.23. The summed E-state index contributed by atoms with van der Waals surface area (Å²) in [5.74, 6) is -1.57. The van der Waals surface area contributed by atoms with Crippen LogP contribution in [-0.2, 0) is 0 Å². The summed E-state index contributed by atoms with van der Waals surface area (Å²) in [7, 11) is 0. The number of hydrogen-bond donors (Lipinski definition) is 2. The number of rotatable bonds is 5. The molecule has 35 heavy (non-hydrogen) atoms. The number of ether oxygens (including phenoxy) is 1. The zero-order chi connectivity index (χ0) is 24.7. The van der Waals surface area contributed by atoms with E-state index in [-0.39, 0.29) is 39.9 Å². The Balaban J connectivity index is 1.92. The van der Waals surface area contributed by atoms with Crippen molar-refractivity contribution in [1.29, 1.82) is 0 Å². The van der Waals surface area contributed by atoms with E-state index >= 15 is 0 Å². The van der Waals surface area contributed by atoms with E-state index in [2.05, 4.69) is 0 Å². The van der Waals surface area contributed by atoms with Crippen LogP contribution in [0.5, 0.6) is 17.2 Å². The summed E-state index contributed by atoms with van der Waals surface area (Å²) in [6.07, 6.45) is -0.222. The van der Waals surface area contributed by atoms with Crippen LogP contribution in [0.4, 0.5) is 0 Å². The minimum Gasteiger partial charge on any atom is -0.507 e. The Labute approximate surface area is 199 Å². The van der Waals surface area contributed by atoms with Crippen LogP contribution in [0.15, 0.2) is 91.2 Å². The van der Waals surface area contributed by atoms with Crippen molar-refractivity contribution in [3.63, 3.8) is 0 Å². The van der Waals surface area contributed by atoms with Gasteiger partial charge >= 0.3 is 11.3 Å². The maximum Gasteiger partial charge on any atom is 0.344 e. The number of para-hydroxylation sites is 3. The van der Waals surface area contributed by atoms with E-state index in [0.29, 0.717) is 22.1 Å². The molecule has 0 saturated heterocycles. The average molecular weight is 470 g/mol. The van der Waals surface area contributed by atoms with Crippen molar-refractivity contribution in [3.05, 3.63) is 110 Å². The molecule has 7 nitrogen and oxygen atoms in total. The molecule has 3 aromatic carbocycles. The zero-order valence-electron chi connectivity index (χ0n) is 19.0. The van der Waals surface area contributed by atoms with Gasteiger partial charge in [-0.05, 0) is 44.2 Å². The fourth-order valence-electron chi connectivity index (χ4n) is 4.34. The summed E-state index contributed by atoms with van der Waals surface area (Å²) in [6.45, 7) is 3.69. The van der Waals surface area contributed by atoms with E-state index in [0.717, 1.165) is 0 Å². The van der Waals surface area contributed by atoms with E-state index in [1.54, 1.807) is 72.8 Å². The second-order valence-electron chi connectivity index (χ2n) is 8.43. The quantitative estimate of drug-likeness (QED) is 0.336. The molecule has 0 amide bonds. The lowest BCUT2D eigenvalue weighted by atomic mass is 9.84. The lowest BCUT2D eigenvalue weighted by Crippen LogP contribution is -2.22. The Morgan fingerprint density at radius 1 is 0.686 bits per heavy atom. The molecule has 5 rings (SSSR count). The van der Waals surface area contributed by atoms with E-state index in [1.807, 2.05) is 13.8 Å². The predicted octanol–water partition coefficient (Wildman–Crippen LogP) is 5.28. The van der Waals surface area contributed by atoms with Crippen LogP contribution in [-0.4, -0.2) is 16.3 Å². The van der Waals surface area contributed by atoms with Gasteiger partial charge in [0, 0.05) is 5.56 Å². The summed E-state index contributed by atoms with van der Waals surface area (Å²) >= 11 is 0. The molecule has 0 aliphatic rings. The Bertz CT molecular complexity index is 1580. The first kappa shape index (κ1) is 22.3. The molecule has 176 valence electrons. The van der Waals surface area contributed by atoms with Gasteiger partial charge in [0.15, 0.2) is 0 Å². The van der Waals surface area contributed by atoms with Crippen LogP contribution >= 0.6 is 0 Å². The fraction of sp³-hybridized carbons (Fsp3) is 0.143. The van der Waals surface area contributed by atoms with Crippen molar-refractivity contribution in [1.82, 2.24) is 0 Å². The van der Waals surface area contributed by atoms with E-state index < -0.39 is 17.2 Å². The van der Waals surface area contributed by atoms with E-state index in [9.17, 15) is 19.8 Å². The molecular formula is C28H22O7. The van der Waals surface area contributed by atoms with Crippen LogP contribution < -0.4 is 16.0 Å². The second-order valence-corrected chi connectivity index (χ2v) is 8.43. The van der Waals surface area contributed by atoms with Gasteiger partial charge in [0.05, 0.1) is 33.9 Å². The number of hydrogen-bond acceptors (Lipinski definition) is 7. The molecule has 0 aliphatic heterocycles. The lowest BCUT2D eigenvalue weighted by molar-refractivity contribution is 0.239. The van der Waals surface area contributed by atoms with Crippen molar-refractivity contribution in [3.8, 4) is 17.2 Å². The standard InChI is InChI=1S/C28H22O7/c1-15(2)33-19-12-6-3-9-16(19)22(23-25(29)17-10-4-7-13-20(17)34-27(23)31)24-26(30)18-11-5-8-14-21(18)35-28(24)32/h3-15,22,29-30H,1-2H3. The molecule has 0 unspecified atom stereocenters. The Morgan fingerprint density at radius 3 is 1.66 bits per heavy atom. The smallest absolute Gasteiger partial charge is 0.344 e. The Hall–Kier alpha value is -4.52. The van der Waals surface area contributed by atoms with E-state index in [4.69, 9.17) is 13.6 Å². The summed E-state index contributed by atoms with van der Waals surface area (Å²) in [4.78, 5) is 26.6. The predicted molar refractivity (Wildman–Crippen MR) is 131 cm³/mol. The van der Waals surface area contributed by atoms with Crippen LogP contribution in [0, 0.1) is 0 Å². The molecule has 5 aromatic rings. The molecular weight excluding hydrogens is 448 g/mol. The highest BCUT2D eigenvalue weighted by molar-refractivity contribution is 5.87. The first-order chi connectivity index (χ1) is 16.9. The van der Waals surface area contributed by atoms with Gasteiger partial charge in [0.25, 0.3) is 0 Å². The normalized spacial score (nSPS) is 11.5. The number of fused-ring (bicyclic) bond motifs is 2. The van der Waals surface area contributed by atoms with Gasteiger partial charge in [-0.25, -0.2) is 9.59 Å².